The van der Waals surface area contributed by atoms with E-state index in [0.29, 0.717) is 62.9 Å². The molecule has 4 N–H and O–H groups in total. The summed E-state index contributed by atoms with van der Waals surface area (Å²) in [4.78, 5) is 25.1. The third kappa shape index (κ3) is 11.4. The molecule has 10 heteroatoms. The number of hydrogen-bond acceptors (Lipinski definition) is 9. The van der Waals surface area contributed by atoms with E-state index in [1.165, 1.54) is 0 Å². The van der Waals surface area contributed by atoms with Gasteiger partial charge in [0.1, 0.15) is 0 Å². The first-order chi connectivity index (χ1) is 16.1. The molecule has 182 valence electrons. The second-order valence-corrected chi connectivity index (χ2v) is 7.66. The highest BCUT2D eigenvalue weighted by Gasteiger charge is 2.07. The Morgan fingerprint density at radius 1 is 0.848 bits per heavy atom. The van der Waals surface area contributed by atoms with Crippen molar-refractivity contribution in [1.29, 1.82) is 0 Å². The molecule has 2 rings (SSSR count). The fraction of sp³-hybridized carbons (Fsp3) is 0.565. The molecule has 0 unspecified atom stereocenters. The minimum Gasteiger partial charge on any atom is -0.377 e. The first kappa shape index (κ1) is 26.3. The van der Waals surface area contributed by atoms with Crippen LogP contribution in [0.3, 0.4) is 0 Å². The van der Waals surface area contributed by atoms with Crippen LogP contribution in [0.5, 0.6) is 0 Å². The number of hydrogen-bond donors (Lipinski definition) is 4. The van der Waals surface area contributed by atoms with Crippen molar-refractivity contribution in [2.45, 2.75) is 39.7 Å². The Bertz CT molecular complexity index is 806. The highest BCUT2D eigenvalue weighted by atomic mass is 16.5. The zero-order chi connectivity index (χ0) is 23.7. The van der Waals surface area contributed by atoms with Gasteiger partial charge in [-0.2, -0.15) is 15.0 Å². The summed E-state index contributed by atoms with van der Waals surface area (Å²) in [5, 5.41) is 12.4. The molecular formula is C23H37N7O3. The first-order valence-electron chi connectivity index (χ1n) is 11.6. The number of carbonyl (C=O) groups excluding carboxylic acids is 1. The third-order valence-electron chi connectivity index (χ3n) is 4.34. The van der Waals surface area contributed by atoms with Gasteiger partial charge in [0.15, 0.2) is 0 Å². The van der Waals surface area contributed by atoms with Crippen molar-refractivity contribution in [2.24, 2.45) is 0 Å². The topological polar surface area (TPSA) is 122 Å². The van der Waals surface area contributed by atoms with Crippen molar-refractivity contribution < 1.29 is 14.3 Å². The number of nitrogens with one attached hydrogen (secondary N) is 4. The average molecular weight is 460 g/mol. The van der Waals surface area contributed by atoms with Crippen LogP contribution in [-0.4, -0.2) is 73.0 Å². The van der Waals surface area contributed by atoms with E-state index >= 15 is 0 Å². The van der Waals surface area contributed by atoms with Crippen LogP contribution in [0.25, 0.3) is 0 Å². The number of unbranched alkanes of at least 4 members (excludes halogenated alkanes) is 1. The normalized spacial score (nSPS) is 10.8. The molecule has 2 aromatic rings. The lowest BCUT2D eigenvalue weighted by molar-refractivity contribution is 0.0519. The van der Waals surface area contributed by atoms with Gasteiger partial charge in [-0.3, -0.25) is 4.79 Å². The molecule has 1 aromatic heterocycles. The Morgan fingerprint density at radius 2 is 1.45 bits per heavy atom. The molecule has 1 aromatic carbocycles. The maximum atomic E-state index is 11.9. The highest BCUT2D eigenvalue weighted by molar-refractivity contribution is 5.94. The van der Waals surface area contributed by atoms with E-state index < -0.39 is 0 Å². The van der Waals surface area contributed by atoms with Gasteiger partial charge in [0, 0.05) is 31.2 Å². The maximum absolute atomic E-state index is 11.9. The molecule has 0 radical (unpaired) electrons. The molecule has 10 nitrogen and oxygen atoms in total. The molecule has 0 spiro atoms. The zero-order valence-electron chi connectivity index (χ0n) is 19.9. The maximum Gasteiger partial charge on any atom is 0.251 e. The van der Waals surface area contributed by atoms with Gasteiger partial charge in [-0.05, 0) is 32.4 Å². The summed E-state index contributed by atoms with van der Waals surface area (Å²) in [6.07, 6.45) is 2.15. The van der Waals surface area contributed by atoms with Crippen LogP contribution < -0.4 is 21.3 Å². The van der Waals surface area contributed by atoms with Crippen LogP contribution in [0.4, 0.5) is 17.8 Å². The SMILES string of the molecule is CCCCNc1nc(NCCOCCOCCNC(=O)c2ccccc2)nc(NC(C)C)n1. The number of ether oxygens (including phenoxy) is 2. The Labute approximate surface area is 196 Å². The van der Waals surface area contributed by atoms with Gasteiger partial charge in [0.25, 0.3) is 5.91 Å². The summed E-state index contributed by atoms with van der Waals surface area (Å²) in [5.41, 5.74) is 0.641. The summed E-state index contributed by atoms with van der Waals surface area (Å²) < 4.78 is 11.1. The van der Waals surface area contributed by atoms with E-state index in [4.69, 9.17) is 9.47 Å². The van der Waals surface area contributed by atoms with E-state index in [2.05, 4.69) is 43.1 Å². The fourth-order valence-corrected chi connectivity index (χ4v) is 2.72. The Morgan fingerprint density at radius 3 is 2.09 bits per heavy atom. The van der Waals surface area contributed by atoms with Crippen molar-refractivity contribution >= 4 is 23.8 Å². The molecule has 0 saturated heterocycles. The van der Waals surface area contributed by atoms with Gasteiger partial charge in [0.2, 0.25) is 17.8 Å². The van der Waals surface area contributed by atoms with Crippen LogP contribution in [0.15, 0.2) is 30.3 Å². The second kappa shape index (κ2) is 15.8. The lowest BCUT2D eigenvalue weighted by Crippen LogP contribution is -2.27. The standard InChI is InChI=1S/C23H37N7O3/c1-4-5-11-25-21-28-22(30-23(29-21)27-18(2)3)26-13-15-33-17-16-32-14-12-24-20(31)19-9-7-6-8-10-19/h6-10,18H,4-5,11-17H2,1-3H3,(H,24,31)(H3,25,26,27,28,29,30). The number of nitrogens with zero attached hydrogens (tertiary/aromatic N) is 3. The molecule has 0 aliphatic carbocycles. The van der Waals surface area contributed by atoms with Gasteiger partial charge >= 0.3 is 0 Å². The Balaban J connectivity index is 1.58. The number of benzene rings is 1. The van der Waals surface area contributed by atoms with Gasteiger partial charge in [0.05, 0.1) is 26.4 Å². The molecular weight excluding hydrogens is 422 g/mol. The van der Waals surface area contributed by atoms with Crippen LogP contribution in [0.1, 0.15) is 44.0 Å². The lowest BCUT2D eigenvalue weighted by Gasteiger charge is -2.13. The number of carbonyl (C=O) groups is 1. The van der Waals surface area contributed by atoms with E-state index in [1.807, 2.05) is 32.0 Å². The number of amides is 1. The summed E-state index contributed by atoms with van der Waals surface area (Å²) >= 11 is 0. The smallest absolute Gasteiger partial charge is 0.251 e. The van der Waals surface area contributed by atoms with E-state index in [1.54, 1.807) is 12.1 Å². The van der Waals surface area contributed by atoms with Crippen LogP contribution in [0, 0.1) is 0 Å². The van der Waals surface area contributed by atoms with Gasteiger partial charge in [-0.1, -0.05) is 31.5 Å². The van der Waals surface area contributed by atoms with Crippen LogP contribution in [0.2, 0.25) is 0 Å². The molecule has 0 fully saturated rings. The second-order valence-electron chi connectivity index (χ2n) is 7.66. The van der Waals surface area contributed by atoms with Crippen molar-refractivity contribution in [2.75, 3.05) is 62.0 Å². The molecule has 0 saturated carbocycles. The van der Waals surface area contributed by atoms with Crippen LogP contribution >= 0.6 is 0 Å². The molecule has 0 aliphatic heterocycles. The molecule has 0 aliphatic rings. The molecule has 0 bridgehead atoms. The zero-order valence-corrected chi connectivity index (χ0v) is 19.9. The van der Waals surface area contributed by atoms with Gasteiger partial charge in [-0.25, -0.2) is 0 Å². The van der Waals surface area contributed by atoms with Crippen molar-refractivity contribution in [1.82, 2.24) is 20.3 Å². The number of anilines is 3. The Kier molecular flexibility index (Phi) is 12.5. The predicted octanol–water partition coefficient (Wildman–Crippen LogP) is 2.78. The van der Waals surface area contributed by atoms with E-state index in [0.717, 1.165) is 19.4 Å². The summed E-state index contributed by atoms with van der Waals surface area (Å²) in [6.45, 7) is 9.90. The number of rotatable bonds is 17. The average Bonchev–Trinajstić information content (AvgIpc) is 2.80. The fourth-order valence-electron chi connectivity index (χ4n) is 2.72. The van der Waals surface area contributed by atoms with Gasteiger partial charge in [-0.15, -0.1) is 0 Å². The summed E-state index contributed by atoms with van der Waals surface area (Å²) in [7, 11) is 0. The molecule has 1 heterocycles. The lowest BCUT2D eigenvalue weighted by atomic mass is 10.2. The molecule has 0 atom stereocenters. The van der Waals surface area contributed by atoms with E-state index in [9.17, 15) is 4.79 Å². The Hall–Kier alpha value is -2.98. The number of aromatic nitrogens is 3. The molecule has 33 heavy (non-hydrogen) atoms. The third-order valence-corrected chi connectivity index (χ3v) is 4.34. The van der Waals surface area contributed by atoms with Gasteiger partial charge < -0.3 is 30.7 Å². The molecule has 1 amide bonds. The van der Waals surface area contributed by atoms with Crippen molar-refractivity contribution in [3.63, 3.8) is 0 Å². The summed E-state index contributed by atoms with van der Waals surface area (Å²) in [6, 6.07) is 9.33. The minimum atomic E-state index is -0.102. The summed E-state index contributed by atoms with van der Waals surface area (Å²) in [5.74, 6) is 1.49. The van der Waals surface area contributed by atoms with E-state index in [-0.39, 0.29) is 11.9 Å². The predicted molar refractivity (Wildman–Crippen MR) is 131 cm³/mol. The quantitative estimate of drug-likeness (QED) is 0.264. The highest BCUT2D eigenvalue weighted by Crippen LogP contribution is 2.10. The van der Waals surface area contributed by atoms with Crippen molar-refractivity contribution in [3.8, 4) is 0 Å². The monoisotopic (exact) mass is 459 g/mol. The first-order valence-corrected chi connectivity index (χ1v) is 11.6. The van der Waals surface area contributed by atoms with Crippen molar-refractivity contribution in [3.05, 3.63) is 35.9 Å². The minimum absolute atomic E-state index is 0.102. The largest absolute Gasteiger partial charge is 0.377 e. The van der Waals surface area contributed by atoms with Crippen LogP contribution in [-0.2, 0) is 9.47 Å².